The maximum absolute atomic E-state index is 12.3. The number of unbranched alkanes of at least 4 members (excludes halogenated alkanes) is 18. The molecule has 3 atom stereocenters. The van der Waals surface area contributed by atoms with Gasteiger partial charge in [-0.3, -0.25) is 4.79 Å². The van der Waals surface area contributed by atoms with Gasteiger partial charge in [0.1, 0.15) is 6.10 Å². The lowest BCUT2D eigenvalue weighted by atomic mass is 10.0. The minimum absolute atomic E-state index is 0.163. The van der Waals surface area contributed by atoms with Crippen LogP contribution in [-0.4, -0.2) is 46.1 Å². The molecule has 0 aliphatic carbocycles. The molecule has 0 fully saturated rings. The van der Waals surface area contributed by atoms with Crippen molar-refractivity contribution in [1.29, 1.82) is 0 Å². The molecule has 0 aliphatic heterocycles. The van der Waals surface area contributed by atoms with Crippen molar-refractivity contribution in [1.82, 2.24) is 5.32 Å². The third-order valence-electron chi connectivity index (χ3n) is 7.78. The van der Waals surface area contributed by atoms with Gasteiger partial charge in [0.2, 0.25) is 5.91 Å². The maximum atomic E-state index is 12.3. The number of nitrogens with one attached hydrogen (secondary N) is 1. The Morgan fingerprint density at radius 2 is 1.00 bits per heavy atom. The minimum Gasteiger partial charge on any atom is -0.394 e. The number of hydrogen-bond donors (Lipinski definition) is 4. The molecule has 5 heteroatoms. The first-order chi connectivity index (χ1) is 19.6. The maximum Gasteiger partial charge on any atom is 0.220 e. The molecule has 0 aromatic rings. The third kappa shape index (κ3) is 25.8. The number of aliphatic hydroxyl groups is 3. The zero-order valence-electron chi connectivity index (χ0n) is 26.5. The molecule has 0 bridgehead atoms. The molecule has 0 aromatic carbocycles. The molecule has 0 spiro atoms. The van der Waals surface area contributed by atoms with Gasteiger partial charge in [-0.25, -0.2) is 0 Å². The number of allylic oxidation sites excluding steroid dienone is 4. The van der Waals surface area contributed by atoms with Crippen LogP contribution in [-0.2, 0) is 4.79 Å². The van der Waals surface area contributed by atoms with E-state index in [2.05, 4.69) is 43.5 Å². The fourth-order valence-electron chi connectivity index (χ4n) is 5.04. The second kappa shape index (κ2) is 30.8. The van der Waals surface area contributed by atoms with Gasteiger partial charge in [0, 0.05) is 6.42 Å². The molecule has 1 amide bonds. The fourth-order valence-corrected chi connectivity index (χ4v) is 5.04. The normalized spacial score (nSPS) is 14.2. The topological polar surface area (TPSA) is 89.8 Å². The first-order valence-electron chi connectivity index (χ1n) is 17.1. The van der Waals surface area contributed by atoms with Crippen LogP contribution in [0.25, 0.3) is 0 Å². The minimum atomic E-state index is -1.16. The van der Waals surface area contributed by atoms with E-state index in [0.29, 0.717) is 12.8 Å². The lowest BCUT2D eigenvalue weighted by Crippen LogP contribution is -2.50. The lowest BCUT2D eigenvalue weighted by molar-refractivity contribution is -0.124. The van der Waals surface area contributed by atoms with Gasteiger partial charge in [-0.15, -0.1) is 0 Å². The summed E-state index contributed by atoms with van der Waals surface area (Å²) in [5.74, 6) is -0.163. The predicted octanol–water partition coefficient (Wildman–Crippen LogP) is 8.70. The van der Waals surface area contributed by atoms with E-state index in [4.69, 9.17) is 0 Å². The summed E-state index contributed by atoms with van der Waals surface area (Å²) in [5.41, 5.74) is 0. The number of aliphatic hydroxyl groups excluding tert-OH is 3. The monoisotopic (exact) mass is 566 g/mol. The smallest absolute Gasteiger partial charge is 0.220 e. The van der Waals surface area contributed by atoms with E-state index in [1.807, 2.05) is 0 Å². The second-order valence-corrected chi connectivity index (χ2v) is 11.7. The summed E-state index contributed by atoms with van der Waals surface area (Å²) in [6, 6.07) is -0.823. The average molecular weight is 566 g/mol. The standard InChI is InChI=1S/C35H67NO4/c1-3-5-7-9-11-13-15-16-17-18-20-22-24-26-28-30-34(39)36-32(31-37)35(40)33(38)29-27-25-23-21-19-14-12-10-8-6-4-2/h13,15,21,23,32-33,35,37-38,40H,3-12,14,16-20,22,24-31H2,1-2H3,(H,36,39)/b15-13-,23-21+. The van der Waals surface area contributed by atoms with Crippen molar-refractivity contribution < 1.29 is 20.1 Å². The van der Waals surface area contributed by atoms with Crippen LogP contribution in [0, 0.1) is 0 Å². The van der Waals surface area contributed by atoms with Gasteiger partial charge < -0.3 is 20.6 Å². The highest BCUT2D eigenvalue weighted by molar-refractivity contribution is 5.76. The first kappa shape index (κ1) is 38.8. The number of carbonyl (C=O) groups excluding carboxylic acids is 1. The first-order valence-corrected chi connectivity index (χ1v) is 17.1. The SMILES string of the molecule is CCCCCC/C=C\CCCCCCCCCC(=O)NC(CO)C(O)C(O)CCC/C=C/CCCCCCCC. The summed E-state index contributed by atoms with van der Waals surface area (Å²) >= 11 is 0. The fraction of sp³-hybridized carbons (Fsp3) is 0.857. The van der Waals surface area contributed by atoms with Crippen molar-refractivity contribution in [3.05, 3.63) is 24.3 Å². The van der Waals surface area contributed by atoms with E-state index < -0.39 is 18.2 Å². The van der Waals surface area contributed by atoms with Gasteiger partial charge in [0.15, 0.2) is 0 Å². The van der Waals surface area contributed by atoms with Crippen molar-refractivity contribution in [3.8, 4) is 0 Å². The molecular formula is C35H67NO4. The number of carbonyl (C=O) groups is 1. The molecular weight excluding hydrogens is 498 g/mol. The molecule has 0 aromatic heterocycles. The summed E-state index contributed by atoms with van der Waals surface area (Å²) in [5, 5.41) is 33.2. The van der Waals surface area contributed by atoms with Crippen LogP contribution < -0.4 is 5.32 Å². The van der Waals surface area contributed by atoms with Crippen molar-refractivity contribution in [2.24, 2.45) is 0 Å². The van der Waals surface area contributed by atoms with E-state index in [1.54, 1.807) is 0 Å². The molecule has 40 heavy (non-hydrogen) atoms. The number of rotatable bonds is 30. The highest BCUT2D eigenvalue weighted by atomic mass is 16.3. The Morgan fingerprint density at radius 3 is 1.48 bits per heavy atom. The molecule has 4 N–H and O–H groups in total. The summed E-state index contributed by atoms with van der Waals surface area (Å²) < 4.78 is 0. The van der Waals surface area contributed by atoms with E-state index in [0.717, 1.165) is 38.5 Å². The van der Waals surface area contributed by atoms with Crippen LogP contribution in [0.3, 0.4) is 0 Å². The lowest BCUT2D eigenvalue weighted by Gasteiger charge is -2.26. The Morgan fingerprint density at radius 1 is 0.600 bits per heavy atom. The van der Waals surface area contributed by atoms with E-state index in [9.17, 15) is 20.1 Å². The van der Waals surface area contributed by atoms with Crippen molar-refractivity contribution >= 4 is 5.91 Å². The quantitative estimate of drug-likeness (QED) is 0.0518. The Labute approximate surface area is 248 Å². The molecule has 0 saturated heterocycles. The summed E-state index contributed by atoms with van der Waals surface area (Å²) in [6.07, 6.45) is 34.1. The second-order valence-electron chi connectivity index (χ2n) is 11.7. The molecule has 0 rings (SSSR count). The number of amides is 1. The highest BCUT2D eigenvalue weighted by Gasteiger charge is 2.26. The van der Waals surface area contributed by atoms with E-state index >= 15 is 0 Å². The van der Waals surface area contributed by atoms with Gasteiger partial charge in [-0.1, -0.05) is 122 Å². The number of hydrogen-bond acceptors (Lipinski definition) is 4. The average Bonchev–Trinajstić information content (AvgIpc) is 2.96. The van der Waals surface area contributed by atoms with Gasteiger partial charge in [-0.2, -0.15) is 0 Å². The Balaban J connectivity index is 3.77. The van der Waals surface area contributed by atoms with E-state index in [-0.39, 0.29) is 12.5 Å². The van der Waals surface area contributed by atoms with Crippen LogP contribution in [0.2, 0.25) is 0 Å². The van der Waals surface area contributed by atoms with Crippen LogP contribution >= 0.6 is 0 Å². The largest absolute Gasteiger partial charge is 0.394 e. The Hall–Kier alpha value is -1.17. The van der Waals surface area contributed by atoms with Crippen molar-refractivity contribution in [2.75, 3.05) is 6.61 Å². The summed E-state index contributed by atoms with van der Waals surface area (Å²) in [7, 11) is 0. The molecule has 5 nitrogen and oxygen atoms in total. The van der Waals surface area contributed by atoms with Gasteiger partial charge >= 0.3 is 0 Å². The summed E-state index contributed by atoms with van der Waals surface area (Å²) in [4.78, 5) is 12.3. The predicted molar refractivity (Wildman–Crippen MR) is 171 cm³/mol. The zero-order chi connectivity index (χ0) is 29.5. The molecule has 0 saturated carbocycles. The van der Waals surface area contributed by atoms with Crippen LogP contribution in [0.5, 0.6) is 0 Å². The Bertz CT molecular complexity index is 592. The highest BCUT2D eigenvalue weighted by Crippen LogP contribution is 2.13. The zero-order valence-corrected chi connectivity index (χ0v) is 26.5. The summed E-state index contributed by atoms with van der Waals surface area (Å²) in [6.45, 7) is 4.11. The van der Waals surface area contributed by atoms with E-state index in [1.165, 1.54) is 103 Å². The molecule has 0 radical (unpaired) electrons. The van der Waals surface area contributed by atoms with Crippen molar-refractivity contribution in [3.63, 3.8) is 0 Å². The third-order valence-corrected chi connectivity index (χ3v) is 7.78. The van der Waals surface area contributed by atoms with Crippen LogP contribution in [0.1, 0.15) is 168 Å². The Kier molecular flexibility index (Phi) is 29.9. The van der Waals surface area contributed by atoms with Gasteiger partial charge in [0.25, 0.3) is 0 Å². The molecule has 0 aliphatic rings. The van der Waals surface area contributed by atoms with Crippen molar-refractivity contribution in [2.45, 2.75) is 186 Å². The molecule has 0 heterocycles. The van der Waals surface area contributed by atoms with Gasteiger partial charge in [-0.05, 0) is 64.2 Å². The van der Waals surface area contributed by atoms with Crippen LogP contribution in [0.4, 0.5) is 0 Å². The van der Waals surface area contributed by atoms with Crippen LogP contribution in [0.15, 0.2) is 24.3 Å². The molecule has 236 valence electrons. The molecule has 3 unspecified atom stereocenters. The van der Waals surface area contributed by atoms with Gasteiger partial charge in [0.05, 0.1) is 18.8 Å².